The Labute approximate surface area is 124 Å². The Morgan fingerprint density at radius 1 is 1.24 bits per heavy atom. The van der Waals surface area contributed by atoms with Crippen LogP contribution in [0.4, 0.5) is 0 Å². The van der Waals surface area contributed by atoms with Crippen molar-refractivity contribution in [3.63, 3.8) is 0 Å². The minimum absolute atomic E-state index is 0.0755. The first-order valence-electron chi connectivity index (χ1n) is 7.34. The molecule has 0 unspecified atom stereocenters. The van der Waals surface area contributed by atoms with Crippen molar-refractivity contribution in [1.29, 1.82) is 5.41 Å². The highest BCUT2D eigenvalue weighted by Crippen LogP contribution is 2.20. The second-order valence-corrected chi connectivity index (χ2v) is 5.32. The van der Waals surface area contributed by atoms with Crippen molar-refractivity contribution in [3.05, 3.63) is 47.5 Å². The molecule has 5 heteroatoms. The fourth-order valence-corrected chi connectivity index (χ4v) is 2.72. The molecule has 110 valence electrons. The minimum Gasteiger partial charge on any atom is -0.492 e. The van der Waals surface area contributed by atoms with Gasteiger partial charge in [0.15, 0.2) is 0 Å². The summed E-state index contributed by atoms with van der Waals surface area (Å²) in [5.74, 6) is 0.876. The third-order valence-corrected chi connectivity index (χ3v) is 3.88. The largest absolute Gasteiger partial charge is 0.492 e. The summed E-state index contributed by atoms with van der Waals surface area (Å²) in [6.07, 6.45) is 6.67. The van der Waals surface area contributed by atoms with Gasteiger partial charge in [0.25, 0.3) is 0 Å². The van der Waals surface area contributed by atoms with E-state index in [2.05, 4.69) is 9.55 Å². The summed E-state index contributed by atoms with van der Waals surface area (Å²) in [4.78, 5) is 4.48. The van der Waals surface area contributed by atoms with Gasteiger partial charge in [0.05, 0.1) is 18.6 Å². The monoisotopic (exact) mass is 284 g/mol. The smallest absolute Gasteiger partial charge is 0.122 e. The van der Waals surface area contributed by atoms with Crippen molar-refractivity contribution in [2.75, 3.05) is 6.61 Å². The molecule has 0 amide bonds. The molecule has 0 atom stereocenters. The SMILES string of the molecule is N=C(N)c1ccc(OCCn2cnc3c2CCCC3)cc1. The number of nitrogens with two attached hydrogens (primary N) is 1. The zero-order chi connectivity index (χ0) is 14.7. The van der Waals surface area contributed by atoms with E-state index in [0.717, 1.165) is 25.1 Å². The maximum Gasteiger partial charge on any atom is 0.122 e. The lowest BCUT2D eigenvalue weighted by Crippen LogP contribution is -2.13. The number of rotatable bonds is 5. The first kappa shape index (κ1) is 13.7. The fourth-order valence-electron chi connectivity index (χ4n) is 2.72. The average Bonchev–Trinajstić information content (AvgIpc) is 2.91. The van der Waals surface area contributed by atoms with Gasteiger partial charge in [-0.05, 0) is 49.9 Å². The van der Waals surface area contributed by atoms with Crippen molar-refractivity contribution in [2.24, 2.45) is 5.73 Å². The summed E-state index contributed by atoms with van der Waals surface area (Å²) >= 11 is 0. The molecule has 3 rings (SSSR count). The van der Waals surface area contributed by atoms with Gasteiger partial charge in [0.1, 0.15) is 18.2 Å². The summed E-state index contributed by atoms with van der Waals surface area (Å²) in [7, 11) is 0. The van der Waals surface area contributed by atoms with Crippen LogP contribution in [0.5, 0.6) is 5.75 Å². The van der Waals surface area contributed by atoms with E-state index in [1.54, 1.807) is 12.1 Å². The third kappa shape index (κ3) is 3.07. The van der Waals surface area contributed by atoms with Gasteiger partial charge in [0, 0.05) is 11.3 Å². The molecule has 1 aromatic heterocycles. The summed E-state index contributed by atoms with van der Waals surface area (Å²) in [6, 6.07) is 7.30. The van der Waals surface area contributed by atoms with Crippen molar-refractivity contribution >= 4 is 5.84 Å². The molecule has 0 saturated heterocycles. The number of nitrogens with one attached hydrogen (secondary N) is 1. The van der Waals surface area contributed by atoms with Crippen LogP contribution in [0, 0.1) is 5.41 Å². The van der Waals surface area contributed by atoms with Crippen LogP contribution in [0.25, 0.3) is 0 Å². The molecule has 2 aromatic rings. The highest BCUT2D eigenvalue weighted by Gasteiger charge is 2.14. The second-order valence-electron chi connectivity index (χ2n) is 5.32. The van der Waals surface area contributed by atoms with E-state index in [-0.39, 0.29) is 5.84 Å². The first-order valence-corrected chi connectivity index (χ1v) is 7.34. The summed E-state index contributed by atoms with van der Waals surface area (Å²) in [5.41, 5.74) is 8.77. The van der Waals surface area contributed by atoms with Gasteiger partial charge in [-0.2, -0.15) is 0 Å². The highest BCUT2D eigenvalue weighted by atomic mass is 16.5. The van der Waals surface area contributed by atoms with Gasteiger partial charge < -0.3 is 15.0 Å². The lowest BCUT2D eigenvalue weighted by Gasteiger charge is -2.14. The van der Waals surface area contributed by atoms with E-state index in [0.29, 0.717) is 12.2 Å². The molecule has 0 saturated carbocycles. The Bertz CT molecular complexity index is 630. The predicted octanol–water partition coefficient (Wildman–Crippen LogP) is 2.12. The summed E-state index contributed by atoms with van der Waals surface area (Å²) in [6.45, 7) is 1.43. The van der Waals surface area contributed by atoms with Crippen LogP contribution in [0.2, 0.25) is 0 Å². The lowest BCUT2D eigenvalue weighted by atomic mass is 10.0. The van der Waals surface area contributed by atoms with Crippen molar-refractivity contribution in [2.45, 2.75) is 32.2 Å². The maximum absolute atomic E-state index is 7.35. The first-order chi connectivity index (χ1) is 10.2. The molecular formula is C16H20N4O. The van der Waals surface area contributed by atoms with Crippen LogP contribution >= 0.6 is 0 Å². The summed E-state index contributed by atoms with van der Waals surface area (Å²) in [5, 5.41) is 7.35. The predicted molar refractivity (Wildman–Crippen MR) is 81.8 cm³/mol. The number of hydrogen-bond donors (Lipinski definition) is 2. The van der Waals surface area contributed by atoms with E-state index in [9.17, 15) is 0 Å². The van der Waals surface area contributed by atoms with E-state index in [1.807, 2.05) is 18.5 Å². The number of amidine groups is 1. The normalized spacial score (nSPS) is 13.7. The zero-order valence-corrected chi connectivity index (χ0v) is 12.0. The quantitative estimate of drug-likeness (QED) is 0.652. The molecule has 21 heavy (non-hydrogen) atoms. The molecular weight excluding hydrogens is 264 g/mol. The number of ether oxygens (including phenoxy) is 1. The minimum atomic E-state index is 0.0755. The molecule has 0 fully saturated rings. The van der Waals surface area contributed by atoms with Crippen molar-refractivity contribution in [1.82, 2.24) is 9.55 Å². The third-order valence-electron chi connectivity index (χ3n) is 3.88. The Morgan fingerprint density at radius 2 is 2.00 bits per heavy atom. The van der Waals surface area contributed by atoms with E-state index < -0.39 is 0 Å². The lowest BCUT2D eigenvalue weighted by molar-refractivity contribution is 0.296. The Hall–Kier alpha value is -2.30. The molecule has 3 N–H and O–H groups in total. The van der Waals surface area contributed by atoms with Crippen LogP contribution in [-0.2, 0) is 19.4 Å². The molecule has 0 aliphatic heterocycles. The van der Waals surface area contributed by atoms with Crippen LogP contribution in [-0.4, -0.2) is 22.0 Å². The Morgan fingerprint density at radius 3 is 2.76 bits per heavy atom. The number of aromatic nitrogens is 2. The molecule has 5 nitrogen and oxygen atoms in total. The topological polar surface area (TPSA) is 76.9 Å². The number of hydrogen-bond acceptors (Lipinski definition) is 3. The molecule has 1 aliphatic carbocycles. The average molecular weight is 284 g/mol. The number of aryl methyl sites for hydroxylation is 1. The van der Waals surface area contributed by atoms with Crippen LogP contribution in [0.3, 0.4) is 0 Å². The molecule has 1 aromatic carbocycles. The van der Waals surface area contributed by atoms with Gasteiger partial charge in [-0.15, -0.1) is 0 Å². The maximum atomic E-state index is 7.35. The number of fused-ring (bicyclic) bond motifs is 1. The highest BCUT2D eigenvalue weighted by molar-refractivity contribution is 5.94. The number of benzene rings is 1. The van der Waals surface area contributed by atoms with E-state index in [4.69, 9.17) is 15.9 Å². The van der Waals surface area contributed by atoms with E-state index >= 15 is 0 Å². The number of nitrogen functional groups attached to an aromatic ring is 1. The number of nitrogens with zero attached hydrogens (tertiary/aromatic N) is 2. The summed E-state index contributed by atoms with van der Waals surface area (Å²) < 4.78 is 7.95. The van der Waals surface area contributed by atoms with Gasteiger partial charge in [-0.3, -0.25) is 5.41 Å². The van der Waals surface area contributed by atoms with Crippen molar-refractivity contribution < 1.29 is 4.74 Å². The van der Waals surface area contributed by atoms with Crippen LogP contribution in [0.1, 0.15) is 29.8 Å². The zero-order valence-electron chi connectivity index (χ0n) is 12.0. The molecule has 0 bridgehead atoms. The Balaban J connectivity index is 1.56. The van der Waals surface area contributed by atoms with Gasteiger partial charge in [0.2, 0.25) is 0 Å². The second kappa shape index (κ2) is 5.99. The molecule has 0 radical (unpaired) electrons. The van der Waals surface area contributed by atoms with Gasteiger partial charge in [-0.25, -0.2) is 4.98 Å². The van der Waals surface area contributed by atoms with Crippen LogP contribution < -0.4 is 10.5 Å². The molecule has 0 spiro atoms. The molecule has 1 heterocycles. The Kier molecular flexibility index (Phi) is 3.90. The fraction of sp³-hybridized carbons (Fsp3) is 0.375. The molecule has 1 aliphatic rings. The van der Waals surface area contributed by atoms with Gasteiger partial charge in [-0.1, -0.05) is 0 Å². The standard InChI is InChI=1S/C16H20N4O/c17-16(18)12-5-7-13(8-6-12)21-10-9-20-11-19-14-3-1-2-4-15(14)20/h5-8,11H,1-4,9-10H2,(H3,17,18). The van der Waals surface area contributed by atoms with Crippen LogP contribution in [0.15, 0.2) is 30.6 Å². The van der Waals surface area contributed by atoms with Crippen molar-refractivity contribution in [3.8, 4) is 5.75 Å². The number of imidazole rings is 1. The van der Waals surface area contributed by atoms with Gasteiger partial charge >= 0.3 is 0 Å². The van der Waals surface area contributed by atoms with E-state index in [1.165, 1.54) is 24.2 Å².